The van der Waals surface area contributed by atoms with Gasteiger partial charge in [-0.05, 0) is 6.92 Å². The molecule has 0 spiro atoms. The smallest absolute Gasteiger partial charge is 0.466 e. The van der Waals surface area contributed by atoms with Crippen molar-refractivity contribution in [3.63, 3.8) is 0 Å². The van der Waals surface area contributed by atoms with Crippen molar-refractivity contribution in [1.82, 2.24) is 0 Å². The highest BCUT2D eigenvalue weighted by Crippen LogP contribution is 1.98. The normalized spacial score (nSPS) is 10.4. The highest BCUT2D eigenvalue weighted by Gasteiger charge is 2.13. The molecule has 0 aromatic carbocycles. The number of esters is 2. The van der Waals surface area contributed by atoms with E-state index in [1.54, 1.807) is 0 Å². The Labute approximate surface area is 80.4 Å². The summed E-state index contributed by atoms with van der Waals surface area (Å²) in [5.41, 5.74) is -0.0535. The summed E-state index contributed by atoms with van der Waals surface area (Å²) in [6.07, 6.45) is -0.224. The van der Waals surface area contributed by atoms with Crippen LogP contribution in [-0.4, -0.2) is 32.3 Å². The van der Waals surface area contributed by atoms with Crippen LogP contribution in [0.1, 0.15) is 6.92 Å². The number of rotatable bonds is 2. The summed E-state index contributed by atoms with van der Waals surface area (Å²) in [4.78, 5) is 32.1. The Morgan fingerprint density at radius 2 is 1.64 bits per heavy atom. The zero-order chi connectivity index (χ0) is 11.1. The quantitative estimate of drug-likeness (QED) is 0.366. The Bertz CT molecular complexity index is 278. The van der Waals surface area contributed by atoms with Gasteiger partial charge in [0.15, 0.2) is 0 Å². The minimum Gasteiger partial charge on any atom is -0.466 e. The Balaban J connectivity index is 4.32. The highest BCUT2D eigenvalue weighted by atomic mass is 16.7. The Morgan fingerprint density at radius 1 is 1.07 bits per heavy atom. The number of hydrogen-bond acceptors (Lipinski definition) is 6. The van der Waals surface area contributed by atoms with Crippen LogP contribution in [0.3, 0.4) is 0 Å². The predicted molar refractivity (Wildman–Crippen MR) is 44.3 cm³/mol. The SMILES string of the molecule is COC(=O)C=C(C)C(=O)OC(=O)OC. The van der Waals surface area contributed by atoms with Gasteiger partial charge in [-0.2, -0.15) is 0 Å². The lowest BCUT2D eigenvalue weighted by atomic mass is 10.3. The summed E-state index contributed by atoms with van der Waals surface area (Å²) in [6.45, 7) is 1.31. The van der Waals surface area contributed by atoms with Crippen molar-refractivity contribution in [2.24, 2.45) is 0 Å². The molecule has 14 heavy (non-hydrogen) atoms. The zero-order valence-electron chi connectivity index (χ0n) is 8.03. The molecule has 0 aliphatic carbocycles. The molecule has 0 aliphatic heterocycles. The van der Waals surface area contributed by atoms with Crippen LogP contribution in [0.25, 0.3) is 0 Å². The fourth-order valence-corrected chi connectivity index (χ4v) is 0.492. The standard InChI is InChI=1S/C8H10O6/c1-5(4-6(9)12-2)7(10)14-8(11)13-3/h4H,1-3H3. The van der Waals surface area contributed by atoms with Gasteiger partial charge in [0, 0.05) is 11.6 Å². The molecule has 0 saturated carbocycles. The van der Waals surface area contributed by atoms with E-state index in [9.17, 15) is 14.4 Å². The Kier molecular flexibility index (Phi) is 4.98. The summed E-state index contributed by atoms with van der Waals surface area (Å²) < 4.78 is 12.5. The summed E-state index contributed by atoms with van der Waals surface area (Å²) >= 11 is 0. The maximum absolute atomic E-state index is 11.0. The molecule has 0 aromatic heterocycles. The van der Waals surface area contributed by atoms with Gasteiger partial charge < -0.3 is 14.2 Å². The van der Waals surface area contributed by atoms with Gasteiger partial charge in [0.1, 0.15) is 0 Å². The Hall–Kier alpha value is -1.85. The molecule has 0 aliphatic rings. The number of carbonyl (C=O) groups is 3. The molecular formula is C8H10O6. The average molecular weight is 202 g/mol. The molecule has 6 nitrogen and oxygen atoms in total. The molecule has 0 amide bonds. The summed E-state index contributed by atoms with van der Waals surface area (Å²) in [5, 5.41) is 0. The lowest BCUT2D eigenvalue weighted by Gasteiger charge is -2.00. The second kappa shape index (κ2) is 5.74. The fourth-order valence-electron chi connectivity index (χ4n) is 0.492. The maximum atomic E-state index is 11.0. The van der Waals surface area contributed by atoms with Crippen molar-refractivity contribution in [3.8, 4) is 0 Å². The van der Waals surface area contributed by atoms with Gasteiger partial charge in [0.25, 0.3) is 0 Å². The molecule has 0 N–H and O–H groups in total. The van der Waals surface area contributed by atoms with Gasteiger partial charge in [-0.1, -0.05) is 0 Å². The lowest BCUT2D eigenvalue weighted by molar-refractivity contribution is -0.137. The van der Waals surface area contributed by atoms with E-state index in [1.165, 1.54) is 6.92 Å². The summed E-state index contributed by atoms with van der Waals surface area (Å²) in [5.74, 6) is -1.66. The third-order valence-electron chi connectivity index (χ3n) is 1.20. The van der Waals surface area contributed by atoms with Gasteiger partial charge >= 0.3 is 18.1 Å². The van der Waals surface area contributed by atoms with E-state index >= 15 is 0 Å². The molecule has 0 radical (unpaired) electrons. The first-order valence-corrected chi connectivity index (χ1v) is 3.57. The van der Waals surface area contributed by atoms with E-state index in [1.807, 2.05) is 0 Å². The monoisotopic (exact) mass is 202 g/mol. The summed E-state index contributed by atoms with van der Waals surface area (Å²) in [7, 11) is 2.23. The first kappa shape index (κ1) is 12.2. The van der Waals surface area contributed by atoms with E-state index in [2.05, 4.69) is 14.2 Å². The van der Waals surface area contributed by atoms with Crippen LogP contribution in [0, 0.1) is 0 Å². The average Bonchev–Trinajstić information content (AvgIpc) is 2.17. The molecule has 0 unspecified atom stereocenters. The van der Waals surface area contributed by atoms with Gasteiger partial charge in [0.05, 0.1) is 14.2 Å². The molecule has 0 saturated heterocycles. The maximum Gasteiger partial charge on any atom is 0.516 e. The lowest BCUT2D eigenvalue weighted by Crippen LogP contribution is -2.14. The van der Waals surface area contributed by atoms with E-state index < -0.39 is 18.1 Å². The molecule has 0 rings (SSSR count). The molecule has 6 heteroatoms. The van der Waals surface area contributed by atoms with Crippen molar-refractivity contribution in [1.29, 1.82) is 0 Å². The number of ether oxygens (including phenoxy) is 3. The van der Waals surface area contributed by atoms with E-state index in [0.29, 0.717) is 0 Å². The van der Waals surface area contributed by atoms with Crippen LogP contribution in [0.15, 0.2) is 11.6 Å². The van der Waals surface area contributed by atoms with Gasteiger partial charge in [-0.3, -0.25) is 0 Å². The third-order valence-corrected chi connectivity index (χ3v) is 1.20. The minimum absolute atomic E-state index is 0.0535. The van der Waals surface area contributed by atoms with Crippen molar-refractivity contribution in [2.45, 2.75) is 6.92 Å². The van der Waals surface area contributed by atoms with Crippen LogP contribution in [0.4, 0.5) is 4.79 Å². The van der Waals surface area contributed by atoms with Crippen molar-refractivity contribution >= 4 is 18.1 Å². The van der Waals surface area contributed by atoms with Gasteiger partial charge in [0.2, 0.25) is 0 Å². The Morgan fingerprint density at radius 3 is 2.07 bits per heavy atom. The van der Waals surface area contributed by atoms with Crippen LogP contribution in [0.2, 0.25) is 0 Å². The van der Waals surface area contributed by atoms with Crippen LogP contribution in [-0.2, 0) is 23.8 Å². The first-order chi connectivity index (χ1) is 6.51. The van der Waals surface area contributed by atoms with Crippen LogP contribution in [0.5, 0.6) is 0 Å². The molecular weight excluding hydrogens is 192 g/mol. The number of carbonyl (C=O) groups excluding carboxylic acids is 3. The minimum atomic E-state index is -1.13. The number of methoxy groups -OCH3 is 2. The van der Waals surface area contributed by atoms with E-state index in [-0.39, 0.29) is 5.57 Å². The molecule has 0 atom stereocenters. The highest BCUT2D eigenvalue weighted by molar-refractivity contribution is 5.99. The predicted octanol–water partition coefficient (Wildman–Crippen LogP) is 0.415. The zero-order valence-corrected chi connectivity index (χ0v) is 8.03. The van der Waals surface area contributed by atoms with Crippen molar-refractivity contribution < 1.29 is 28.6 Å². The molecule has 0 heterocycles. The van der Waals surface area contributed by atoms with Crippen molar-refractivity contribution in [2.75, 3.05) is 14.2 Å². The second-order valence-electron chi connectivity index (χ2n) is 2.19. The molecule has 0 aromatic rings. The van der Waals surface area contributed by atoms with Gasteiger partial charge in [-0.15, -0.1) is 0 Å². The van der Waals surface area contributed by atoms with Crippen molar-refractivity contribution in [3.05, 3.63) is 11.6 Å². The van der Waals surface area contributed by atoms with Crippen LogP contribution >= 0.6 is 0 Å². The van der Waals surface area contributed by atoms with E-state index in [0.717, 1.165) is 20.3 Å². The second-order valence-corrected chi connectivity index (χ2v) is 2.19. The molecule has 0 bridgehead atoms. The van der Waals surface area contributed by atoms with Gasteiger partial charge in [-0.25, -0.2) is 14.4 Å². The summed E-state index contributed by atoms with van der Waals surface area (Å²) in [6, 6.07) is 0. The van der Waals surface area contributed by atoms with Crippen LogP contribution < -0.4 is 0 Å². The number of hydrogen-bond donors (Lipinski definition) is 0. The largest absolute Gasteiger partial charge is 0.516 e. The third kappa shape index (κ3) is 4.24. The molecule has 0 fully saturated rings. The molecule has 78 valence electrons. The van der Waals surface area contributed by atoms with E-state index in [4.69, 9.17) is 0 Å². The first-order valence-electron chi connectivity index (χ1n) is 3.57. The topological polar surface area (TPSA) is 78.9 Å². The fraction of sp³-hybridized carbons (Fsp3) is 0.375.